The molecule has 2 amide bonds. The van der Waals surface area contributed by atoms with Gasteiger partial charge in [-0.25, -0.2) is 0 Å². The van der Waals surface area contributed by atoms with Gasteiger partial charge in [0, 0.05) is 16.9 Å². The van der Waals surface area contributed by atoms with Crippen molar-refractivity contribution in [2.45, 2.75) is 12.5 Å². The minimum absolute atomic E-state index is 0.0519. The SMILES string of the molecule is O=C(O)CN1C(=O)[C@@H]2[C@@H]3C[C@@H]([C@H]4C(c5ccc(Cl)cc5)=NO[C@@H]34)[C@@H]2C1=O. The lowest BCUT2D eigenvalue weighted by Gasteiger charge is -2.29. The van der Waals surface area contributed by atoms with E-state index in [9.17, 15) is 14.4 Å². The lowest BCUT2D eigenvalue weighted by atomic mass is 9.71. The van der Waals surface area contributed by atoms with Crippen LogP contribution in [0.3, 0.4) is 0 Å². The molecule has 0 radical (unpaired) electrons. The molecule has 2 aliphatic heterocycles. The van der Waals surface area contributed by atoms with E-state index in [1.807, 2.05) is 12.1 Å². The van der Waals surface area contributed by atoms with Crippen molar-refractivity contribution in [2.24, 2.45) is 34.7 Å². The predicted octanol–water partition coefficient (Wildman–Crippen LogP) is 1.39. The van der Waals surface area contributed by atoms with Gasteiger partial charge < -0.3 is 9.94 Å². The summed E-state index contributed by atoms with van der Waals surface area (Å²) in [4.78, 5) is 43.0. The number of carbonyl (C=O) groups excluding carboxylic acids is 2. The topological polar surface area (TPSA) is 96.3 Å². The minimum Gasteiger partial charge on any atom is -0.480 e. The van der Waals surface area contributed by atoms with Crippen molar-refractivity contribution >= 4 is 35.1 Å². The molecule has 26 heavy (non-hydrogen) atoms. The molecule has 1 aromatic carbocycles. The summed E-state index contributed by atoms with van der Waals surface area (Å²) in [6.07, 6.45) is 0.504. The van der Waals surface area contributed by atoms with Crippen LogP contribution in [0.1, 0.15) is 12.0 Å². The number of rotatable bonds is 3. The maximum Gasteiger partial charge on any atom is 0.323 e. The number of carboxylic acids is 1. The van der Waals surface area contributed by atoms with Crippen LogP contribution < -0.4 is 0 Å². The second-order valence-corrected chi connectivity index (χ2v) is 7.79. The van der Waals surface area contributed by atoms with Gasteiger partial charge in [0.15, 0.2) is 0 Å². The number of hydrogen-bond donors (Lipinski definition) is 1. The smallest absolute Gasteiger partial charge is 0.323 e. The number of carboxylic acid groups (broad SMARTS) is 1. The van der Waals surface area contributed by atoms with Crippen LogP contribution in [0.25, 0.3) is 0 Å². The fourth-order valence-corrected chi connectivity index (χ4v) is 5.46. The molecule has 0 aromatic heterocycles. The number of nitrogens with zero attached hydrogens (tertiary/aromatic N) is 2. The third kappa shape index (κ3) is 1.95. The Morgan fingerprint density at radius 3 is 2.46 bits per heavy atom. The largest absolute Gasteiger partial charge is 0.480 e. The highest BCUT2D eigenvalue weighted by Crippen LogP contribution is 2.61. The number of carbonyl (C=O) groups is 3. The Bertz CT molecular complexity index is 867. The molecule has 7 nitrogen and oxygen atoms in total. The highest BCUT2D eigenvalue weighted by Gasteiger charge is 2.70. The first-order valence-corrected chi connectivity index (χ1v) is 8.92. The molecule has 1 saturated heterocycles. The van der Waals surface area contributed by atoms with Crippen molar-refractivity contribution in [1.29, 1.82) is 0 Å². The number of aliphatic carboxylic acids is 1. The quantitative estimate of drug-likeness (QED) is 0.806. The number of oxime groups is 1. The first-order valence-electron chi connectivity index (χ1n) is 8.54. The zero-order valence-electron chi connectivity index (χ0n) is 13.5. The Labute approximate surface area is 153 Å². The zero-order valence-corrected chi connectivity index (χ0v) is 14.3. The van der Waals surface area contributed by atoms with Gasteiger partial charge in [-0.15, -0.1) is 0 Å². The van der Waals surface area contributed by atoms with Crippen LogP contribution in [0.4, 0.5) is 0 Å². The zero-order chi connectivity index (χ0) is 18.2. The summed E-state index contributed by atoms with van der Waals surface area (Å²) in [7, 11) is 0. The average Bonchev–Trinajstić information content (AvgIpc) is 3.32. The summed E-state index contributed by atoms with van der Waals surface area (Å²) >= 11 is 5.95. The van der Waals surface area contributed by atoms with Gasteiger partial charge in [-0.3, -0.25) is 19.3 Å². The van der Waals surface area contributed by atoms with Gasteiger partial charge in [0.1, 0.15) is 12.6 Å². The molecule has 2 aliphatic carbocycles. The monoisotopic (exact) mass is 374 g/mol. The Balaban J connectivity index is 1.47. The van der Waals surface area contributed by atoms with E-state index in [1.165, 1.54) is 0 Å². The van der Waals surface area contributed by atoms with E-state index in [2.05, 4.69) is 5.16 Å². The fraction of sp³-hybridized carbons (Fsp3) is 0.444. The average molecular weight is 375 g/mol. The van der Waals surface area contributed by atoms with Crippen LogP contribution in [0.2, 0.25) is 5.02 Å². The van der Waals surface area contributed by atoms with E-state index < -0.39 is 24.3 Å². The molecule has 2 saturated carbocycles. The van der Waals surface area contributed by atoms with Crippen molar-refractivity contribution < 1.29 is 24.3 Å². The van der Waals surface area contributed by atoms with E-state index in [1.54, 1.807) is 12.1 Å². The molecule has 2 heterocycles. The number of fused-ring (bicyclic) bond motifs is 8. The number of hydrogen-bond acceptors (Lipinski definition) is 5. The van der Waals surface area contributed by atoms with E-state index in [0.717, 1.165) is 22.6 Å². The third-order valence-corrected chi connectivity index (χ3v) is 6.47. The standard InChI is InChI=1S/C18H15ClN2O5/c19-8-3-1-7(2-4-8)15-14-9-5-10(16(14)26-20-15)13-12(9)17(24)21(18(13)25)6-11(22)23/h1-4,9-10,12-14,16H,5-6H2,(H,22,23)/t9-,10+,12+,13-,14+,16+/m1/s1. The van der Waals surface area contributed by atoms with Gasteiger partial charge in [-0.2, -0.15) is 0 Å². The molecular weight excluding hydrogens is 360 g/mol. The van der Waals surface area contributed by atoms with Gasteiger partial charge in [-0.1, -0.05) is 28.9 Å². The number of likely N-dealkylation sites (tertiary alicyclic amines) is 1. The first kappa shape index (κ1) is 15.8. The highest BCUT2D eigenvalue weighted by molar-refractivity contribution is 6.30. The van der Waals surface area contributed by atoms with E-state index in [-0.39, 0.29) is 35.7 Å². The molecule has 0 spiro atoms. The number of halogens is 1. The third-order valence-electron chi connectivity index (χ3n) is 6.22. The Kier molecular flexibility index (Phi) is 3.22. The van der Waals surface area contributed by atoms with Crippen molar-refractivity contribution in [3.8, 4) is 0 Å². The predicted molar refractivity (Wildman–Crippen MR) is 89.3 cm³/mol. The van der Waals surface area contributed by atoms with Crippen LogP contribution in [-0.4, -0.2) is 46.2 Å². The first-order chi connectivity index (χ1) is 12.5. The second kappa shape index (κ2) is 5.30. The van der Waals surface area contributed by atoms with Crippen LogP contribution in [0, 0.1) is 29.6 Å². The molecule has 6 atom stereocenters. The van der Waals surface area contributed by atoms with Crippen LogP contribution >= 0.6 is 11.6 Å². The van der Waals surface area contributed by atoms with Crippen molar-refractivity contribution in [3.63, 3.8) is 0 Å². The normalized spacial score (nSPS) is 36.8. The summed E-state index contributed by atoms with van der Waals surface area (Å²) in [5.41, 5.74) is 1.68. The fourth-order valence-electron chi connectivity index (χ4n) is 5.34. The lowest BCUT2D eigenvalue weighted by Crippen LogP contribution is -2.41. The van der Waals surface area contributed by atoms with Crippen molar-refractivity contribution in [2.75, 3.05) is 6.54 Å². The summed E-state index contributed by atoms with van der Waals surface area (Å²) in [5, 5.41) is 13.9. The molecule has 5 rings (SSSR count). The molecule has 2 bridgehead atoms. The van der Waals surface area contributed by atoms with Crippen molar-refractivity contribution in [3.05, 3.63) is 34.9 Å². The molecule has 8 heteroatoms. The molecule has 134 valence electrons. The van der Waals surface area contributed by atoms with E-state index in [4.69, 9.17) is 21.5 Å². The van der Waals surface area contributed by atoms with Gasteiger partial charge in [-0.05, 0) is 30.0 Å². The summed E-state index contributed by atoms with van der Waals surface area (Å²) in [5.74, 6) is -3.07. The molecule has 4 aliphatic rings. The Morgan fingerprint density at radius 1 is 1.15 bits per heavy atom. The van der Waals surface area contributed by atoms with E-state index >= 15 is 0 Å². The second-order valence-electron chi connectivity index (χ2n) is 7.35. The number of benzene rings is 1. The van der Waals surface area contributed by atoms with Gasteiger partial charge >= 0.3 is 5.97 Å². The molecule has 0 unspecified atom stereocenters. The number of imide groups is 1. The summed E-state index contributed by atoms with van der Waals surface area (Å²) in [6, 6.07) is 7.30. The maximum absolute atomic E-state index is 12.7. The van der Waals surface area contributed by atoms with Crippen molar-refractivity contribution in [1.82, 2.24) is 4.90 Å². The summed E-state index contributed by atoms with van der Waals surface area (Å²) in [6.45, 7) is -0.571. The van der Waals surface area contributed by atoms with Gasteiger partial charge in [0.25, 0.3) is 0 Å². The van der Waals surface area contributed by atoms with Crippen LogP contribution in [0.5, 0.6) is 0 Å². The maximum atomic E-state index is 12.7. The number of amides is 2. The minimum atomic E-state index is -1.18. The molecule has 1 aromatic rings. The van der Waals surface area contributed by atoms with E-state index in [0.29, 0.717) is 5.02 Å². The van der Waals surface area contributed by atoms with Crippen LogP contribution in [-0.2, 0) is 19.2 Å². The lowest BCUT2D eigenvalue weighted by molar-refractivity contribution is -0.150. The molecule has 1 N–H and O–H groups in total. The Morgan fingerprint density at radius 2 is 1.81 bits per heavy atom. The van der Waals surface area contributed by atoms with Gasteiger partial charge in [0.05, 0.1) is 17.5 Å². The molecule has 3 fully saturated rings. The molecular formula is C18H15ClN2O5. The van der Waals surface area contributed by atoms with Crippen LogP contribution in [0.15, 0.2) is 29.4 Å². The highest BCUT2D eigenvalue weighted by atomic mass is 35.5. The van der Waals surface area contributed by atoms with Gasteiger partial charge in [0.2, 0.25) is 11.8 Å². The summed E-state index contributed by atoms with van der Waals surface area (Å²) < 4.78 is 0. The Hall–Kier alpha value is -2.41.